The van der Waals surface area contributed by atoms with E-state index in [1.54, 1.807) is 0 Å². The van der Waals surface area contributed by atoms with E-state index in [9.17, 15) is 54.0 Å². The second kappa shape index (κ2) is 13.1. The predicted molar refractivity (Wildman–Crippen MR) is 161 cm³/mol. The molecule has 0 saturated carbocycles. The van der Waals surface area contributed by atoms with E-state index in [4.69, 9.17) is 18.9 Å². The lowest BCUT2D eigenvalue weighted by Crippen LogP contribution is -2.56. The number of ether oxygens (including phenoxy) is 4. The zero-order valence-corrected chi connectivity index (χ0v) is 26.7. The summed E-state index contributed by atoms with van der Waals surface area (Å²) in [7, 11) is 1.27. The lowest BCUT2D eigenvalue weighted by atomic mass is 9.72. The van der Waals surface area contributed by atoms with Crippen LogP contribution in [0.4, 0.5) is 0 Å². The fourth-order valence-electron chi connectivity index (χ4n) is 6.35. The average Bonchev–Trinajstić information content (AvgIpc) is 3.05. The molecule has 16 heteroatoms. The lowest BCUT2D eigenvalue weighted by molar-refractivity contribution is -0.249. The third kappa shape index (κ3) is 6.19. The van der Waals surface area contributed by atoms with Crippen molar-refractivity contribution in [3.05, 3.63) is 51.6 Å². The van der Waals surface area contributed by atoms with Crippen LogP contribution < -0.4 is 10.1 Å². The maximum Gasteiger partial charge on any atom is 0.374 e. The number of aliphatic hydroxyl groups excluding tert-OH is 1. The number of Topliss-reactive ketones (excluding diaryl/α,β-unsaturated/α-hetero) is 3. The Bertz CT molecular complexity index is 1820. The number of carbonyl (C=O) groups excluding carboxylic acids is 7. The Labute approximate surface area is 277 Å². The standard InChI is InChI=1S/C33H33NO15/c1-12(35)31(43)34-17-8-21(48-14(3)26(17)38)49-19-10-33(45,20(37)11-47-32(44)13(2)36)9-16-23(19)30(42)25-24(28(16)40)27(39)15-6-5-7-18(46-4)22(15)29(25)41/h5-7,14,17,19,21,26,38,40,42,45H,8-11H2,1-4H3,(H,34,43)/t14-,17-,19-,21-,26+,33-/m0/s1. The minimum atomic E-state index is -2.50. The highest BCUT2D eigenvalue weighted by Gasteiger charge is 2.51. The number of nitrogens with one attached hydrogen (secondary N) is 1. The molecule has 49 heavy (non-hydrogen) atoms. The number of aliphatic hydroxyl groups is 2. The van der Waals surface area contributed by atoms with Gasteiger partial charge in [-0.05, 0) is 13.0 Å². The first-order valence-electron chi connectivity index (χ1n) is 15.1. The quantitative estimate of drug-likeness (QED) is 0.112. The van der Waals surface area contributed by atoms with E-state index in [1.165, 1.54) is 32.2 Å². The normalized spacial score (nSPS) is 25.7. The predicted octanol–water partition coefficient (Wildman–Crippen LogP) is -0.112. The Morgan fingerprint density at radius 3 is 2.31 bits per heavy atom. The SMILES string of the molecule is COc1cccc2c1C(=O)c1c(O)c3c(c(O)c1C2=O)C[C@@](O)(C(=O)COC(=O)C(C)=O)C[C@@H]3O[C@H]1C[C@H](NC(=O)C(C)=O)[C@H](O)[C@H](C)O1. The van der Waals surface area contributed by atoms with E-state index in [0.29, 0.717) is 0 Å². The van der Waals surface area contributed by atoms with Crippen molar-refractivity contribution in [2.45, 2.75) is 76.3 Å². The number of rotatable bonds is 9. The number of ketones is 5. The third-order valence-electron chi connectivity index (χ3n) is 8.88. The van der Waals surface area contributed by atoms with Crippen molar-refractivity contribution in [3.63, 3.8) is 0 Å². The van der Waals surface area contributed by atoms with Gasteiger partial charge in [0.05, 0.1) is 42.0 Å². The van der Waals surface area contributed by atoms with Crippen molar-refractivity contribution in [2.24, 2.45) is 0 Å². The lowest BCUT2D eigenvalue weighted by Gasteiger charge is -2.42. The minimum absolute atomic E-state index is 0.0211. The van der Waals surface area contributed by atoms with Crippen molar-refractivity contribution >= 4 is 40.8 Å². The number of fused-ring (bicyclic) bond motifs is 3. The van der Waals surface area contributed by atoms with Crippen LogP contribution in [0.2, 0.25) is 0 Å². The summed E-state index contributed by atoms with van der Waals surface area (Å²) >= 11 is 0. The van der Waals surface area contributed by atoms with Crippen LogP contribution in [0, 0.1) is 0 Å². The number of benzene rings is 2. The molecule has 5 rings (SSSR count). The van der Waals surface area contributed by atoms with E-state index in [-0.39, 0.29) is 34.4 Å². The number of carbonyl (C=O) groups is 7. The van der Waals surface area contributed by atoms with Crippen molar-refractivity contribution in [3.8, 4) is 17.2 Å². The highest BCUT2D eigenvalue weighted by atomic mass is 16.7. The van der Waals surface area contributed by atoms with Crippen LogP contribution in [0.5, 0.6) is 17.2 Å². The molecule has 2 aromatic carbocycles. The number of phenolic OH excluding ortho intramolecular Hbond substituents is 2. The smallest absolute Gasteiger partial charge is 0.374 e. The average molecular weight is 684 g/mol. The molecule has 1 amide bonds. The fourth-order valence-corrected chi connectivity index (χ4v) is 6.35. The highest BCUT2D eigenvalue weighted by molar-refractivity contribution is 6.35. The van der Waals surface area contributed by atoms with Crippen LogP contribution in [0.3, 0.4) is 0 Å². The summed E-state index contributed by atoms with van der Waals surface area (Å²) in [5.74, 6) is -8.67. The van der Waals surface area contributed by atoms with E-state index in [1.807, 2.05) is 0 Å². The van der Waals surface area contributed by atoms with Gasteiger partial charge in [0, 0.05) is 49.8 Å². The van der Waals surface area contributed by atoms with Crippen LogP contribution in [-0.2, 0) is 44.6 Å². The van der Waals surface area contributed by atoms with Gasteiger partial charge in [-0.1, -0.05) is 12.1 Å². The van der Waals surface area contributed by atoms with Gasteiger partial charge < -0.3 is 44.7 Å². The van der Waals surface area contributed by atoms with Crippen LogP contribution in [0.1, 0.15) is 82.7 Å². The Morgan fingerprint density at radius 2 is 1.67 bits per heavy atom. The molecule has 2 aliphatic carbocycles. The van der Waals surface area contributed by atoms with Gasteiger partial charge >= 0.3 is 5.97 Å². The molecule has 3 aliphatic rings. The van der Waals surface area contributed by atoms with E-state index >= 15 is 0 Å². The Morgan fingerprint density at radius 1 is 1.00 bits per heavy atom. The second-order valence-electron chi connectivity index (χ2n) is 12.1. The molecule has 0 spiro atoms. The summed E-state index contributed by atoms with van der Waals surface area (Å²) < 4.78 is 21.9. The van der Waals surface area contributed by atoms with Gasteiger partial charge in [0.25, 0.3) is 5.91 Å². The molecular weight excluding hydrogens is 650 g/mol. The number of amides is 1. The summed E-state index contributed by atoms with van der Waals surface area (Å²) in [6, 6.07) is 3.12. The number of aromatic hydroxyl groups is 2. The number of phenols is 2. The first-order chi connectivity index (χ1) is 23.0. The van der Waals surface area contributed by atoms with Crippen molar-refractivity contribution in [1.82, 2.24) is 5.32 Å². The van der Waals surface area contributed by atoms with Gasteiger partial charge in [-0.25, -0.2) is 4.79 Å². The molecule has 1 heterocycles. The molecule has 16 nitrogen and oxygen atoms in total. The first-order valence-corrected chi connectivity index (χ1v) is 15.1. The molecule has 1 fully saturated rings. The number of hydrogen-bond acceptors (Lipinski definition) is 15. The summed E-state index contributed by atoms with van der Waals surface area (Å²) in [6.07, 6.45) is -6.95. The van der Waals surface area contributed by atoms with Crippen LogP contribution >= 0.6 is 0 Å². The first kappa shape index (κ1) is 35.3. The van der Waals surface area contributed by atoms with Gasteiger partial charge in [0.2, 0.25) is 23.1 Å². The summed E-state index contributed by atoms with van der Waals surface area (Å²) in [4.78, 5) is 87.8. The van der Waals surface area contributed by atoms with Crippen LogP contribution in [0.15, 0.2) is 18.2 Å². The van der Waals surface area contributed by atoms with Gasteiger partial charge in [0.1, 0.15) is 29.0 Å². The zero-order chi connectivity index (χ0) is 36.1. The molecular formula is C33H33NO15. The summed E-state index contributed by atoms with van der Waals surface area (Å²) in [5.41, 5.74) is -4.62. The van der Waals surface area contributed by atoms with Gasteiger partial charge in [0.15, 0.2) is 18.7 Å². The molecule has 260 valence electrons. The maximum atomic E-state index is 13.9. The topological polar surface area (TPSA) is 249 Å². The molecule has 2 aromatic rings. The van der Waals surface area contributed by atoms with Crippen molar-refractivity contribution in [1.29, 1.82) is 0 Å². The largest absolute Gasteiger partial charge is 0.507 e. The van der Waals surface area contributed by atoms with Gasteiger partial charge in [-0.15, -0.1) is 0 Å². The van der Waals surface area contributed by atoms with Crippen molar-refractivity contribution < 1.29 is 72.9 Å². The molecule has 1 saturated heterocycles. The van der Waals surface area contributed by atoms with E-state index in [0.717, 1.165) is 13.8 Å². The molecule has 1 aliphatic heterocycles. The van der Waals surface area contributed by atoms with Crippen LogP contribution in [0.25, 0.3) is 0 Å². The molecule has 6 atom stereocenters. The summed E-state index contributed by atoms with van der Waals surface area (Å²) in [6.45, 7) is 2.31. The molecule has 0 aromatic heterocycles. The third-order valence-corrected chi connectivity index (χ3v) is 8.88. The highest BCUT2D eigenvalue weighted by Crippen LogP contribution is 2.52. The monoisotopic (exact) mass is 683 g/mol. The number of methoxy groups -OCH3 is 1. The molecule has 5 N–H and O–H groups in total. The van der Waals surface area contributed by atoms with Crippen molar-refractivity contribution in [2.75, 3.05) is 13.7 Å². The minimum Gasteiger partial charge on any atom is -0.507 e. The second-order valence-corrected chi connectivity index (χ2v) is 12.1. The summed E-state index contributed by atoms with van der Waals surface area (Å²) in [5, 5.41) is 48.0. The van der Waals surface area contributed by atoms with Gasteiger partial charge in [-0.3, -0.25) is 28.8 Å². The molecule has 0 unspecified atom stereocenters. The molecule has 0 bridgehead atoms. The number of hydrogen-bond donors (Lipinski definition) is 5. The van der Waals surface area contributed by atoms with E-state index < -0.39 is 119 Å². The fraction of sp³-hybridized carbons (Fsp3) is 0.424. The molecule has 0 radical (unpaired) electrons. The Balaban J connectivity index is 1.61. The van der Waals surface area contributed by atoms with E-state index in [2.05, 4.69) is 5.32 Å². The number of esters is 1. The Hall–Kier alpha value is -5.03. The van der Waals surface area contributed by atoms with Crippen LogP contribution in [-0.4, -0.2) is 105 Å². The van der Waals surface area contributed by atoms with Gasteiger partial charge in [-0.2, -0.15) is 0 Å². The Kier molecular flexibility index (Phi) is 9.44. The zero-order valence-electron chi connectivity index (χ0n) is 26.7. The maximum absolute atomic E-state index is 13.9.